The smallest absolute Gasteiger partial charge is 0.277 e. The van der Waals surface area contributed by atoms with E-state index in [9.17, 15) is 4.79 Å². The van der Waals surface area contributed by atoms with E-state index in [0.717, 1.165) is 16.5 Å². The van der Waals surface area contributed by atoms with Crippen LogP contribution in [0.2, 0.25) is 0 Å². The van der Waals surface area contributed by atoms with Crippen molar-refractivity contribution in [3.05, 3.63) is 30.5 Å². The van der Waals surface area contributed by atoms with E-state index in [1.54, 1.807) is 0 Å². The molecule has 2 atom stereocenters. The molecule has 1 aliphatic heterocycles. The normalized spacial score (nSPS) is 20.6. The second-order valence-corrected chi connectivity index (χ2v) is 7.39. The van der Waals surface area contributed by atoms with Gasteiger partial charge in [0.15, 0.2) is 0 Å². The van der Waals surface area contributed by atoms with Crippen molar-refractivity contribution in [1.82, 2.24) is 20.1 Å². The van der Waals surface area contributed by atoms with Crippen LogP contribution in [0.15, 0.2) is 40.1 Å². The lowest BCUT2D eigenvalue weighted by molar-refractivity contribution is -0.140. The quantitative estimate of drug-likeness (QED) is 0.709. The lowest BCUT2D eigenvalue weighted by atomic mass is 10.2. The van der Waals surface area contributed by atoms with E-state index in [4.69, 9.17) is 9.15 Å². The summed E-state index contributed by atoms with van der Waals surface area (Å²) in [6.45, 7) is 5.20. The molecule has 3 heterocycles. The van der Waals surface area contributed by atoms with Gasteiger partial charge in [0.1, 0.15) is 0 Å². The molecule has 8 heteroatoms. The highest BCUT2D eigenvalue weighted by atomic mass is 32.2. The first-order valence-corrected chi connectivity index (χ1v) is 9.54. The van der Waals surface area contributed by atoms with Crippen molar-refractivity contribution >= 4 is 28.6 Å². The highest BCUT2D eigenvalue weighted by molar-refractivity contribution is 7.99. The summed E-state index contributed by atoms with van der Waals surface area (Å²) in [6, 6.07) is 7.93. The van der Waals surface area contributed by atoms with Gasteiger partial charge in [-0.15, -0.1) is 10.2 Å². The molecule has 3 aromatic rings. The number of fused-ring (bicyclic) bond motifs is 1. The maximum atomic E-state index is 12.4. The molecule has 0 saturated carbocycles. The van der Waals surface area contributed by atoms with E-state index >= 15 is 0 Å². The average Bonchev–Trinajstić information content (AvgIpc) is 3.25. The number of carbonyl (C=O) groups is 1. The van der Waals surface area contributed by atoms with Crippen LogP contribution in [0.3, 0.4) is 0 Å². The molecule has 7 nitrogen and oxygen atoms in total. The van der Waals surface area contributed by atoms with E-state index in [-0.39, 0.29) is 23.9 Å². The van der Waals surface area contributed by atoms with Crippen LogP contribution in [0.1, 0.15) is 13.8 Å². The molecule has 4 rings (SSSR count). The van der Waals surface area contributed by atoms with E-state index in [1.807, 2.05) is 49.2 Å². The topological polar surface area (TPSA) is 84.3 Å². The molecule has 1 fully saturated rings. The zero-order chi connectivity index (χ0) is 18.1. The highest BCUT2D eigenvalue weighted by Crippen LogP contribution is 2.29. The SMILES string of the molecule is C[C@H]1CN(C(=O)CSc2nnc(-c3c[nH]c4ccccc34)o2)C[C@H](C)O1. The van der Waals surface area contributed by atoms with Crippen LogP contribution in [0.5, 0.6) is 0 Å². The molecule has 26 heavy (non-hydrogen) atoms. The Morgan fingerprint density at radius 2 is 2.04 bits per heavy atom. The van der Waals surface area contributed by atoms with E-state index in [0.29, 0.717) is 24.2 Å². The molecule has 1 saturated heterocycles. The summed E-state index contributed by atoms with van der Waals surface area (Å²) < 4.78 is 11.4. The minimum atomic E-state index is 0.0591. The minimum absolute atomic E-state index is 0.0591. The van der Waals surface area contributed by atoms with E-state index in [1.165, 1.54) is 11.8 Å². The van der Waals surface area contributed by atoms with Crippen LogP contribution in [-0.4, -0.2) is 57.0 Å². The number of rotatable bonds is 4. The van der Waals surface area contributed by atoms with Gasteiger partial charge >= 0.3 is 0 Å². The number of hydrogen-bond acceptors (Lipinski definition) is 6. The molecule has 1 N–H and O–H groups in total. The van der Waals surface area contributed by atoms with Crippen molar-refractivity contribution in [3.63, 3.8) is 0 Å². The molecule has 1 amide bonds. The number of thioether (sulfide) groups is 1. The highest BCUT2D eigenvalue weighted by Gasteiger charge is 2.26. The summed E-state index contributed by atoms with van der Waals surface area (Å²) in [6.07, 6.45) is 1.98. The number of carbonyl (C=O) groups excluding carboxylic acids is 1. The van der Waals surface area contributed by atoms with Crippen LogP contribution in [0, 0.1) is 0 Å². The monoisotopic (exact) mass is 372 g/mol. The third kappa shape index (κ3) is 3.47. The number of morpholine rings is 1. The molecule has 0 unspecified atom stereocenters. The fraction of sp³-hybridized carbons (Fsp3) is 0.389. The van der Waals surface area contributed by atoms with Gasteiger partial charge in [0.25, 0.3) is 11.1 Å². The number of aromatic amines is 1. The number of H-pyrrole nitrogens is 1. The van der Waals surface area contributed by atoms with Gasteiger partial charge in [-0.1, -0.05) is 30.0 Å². The molecular formula is C18H20N4O3S. The largest absolute Gasteiger partial charge is 0.411 e. The summed E-state index contributed by atoms with van der Waals surface area (Å²) in [5.74, 6) is 0.782. The first-order chi connectivity index (χ1) is 12.6. The third-order valence-corrected chi connectivity index (χ3v) is 5.12. The van der Waals surface area contributed by atoms with Crippen molar-refractivity contribution < 1.29 is 13.9 Å². The molecule has 0 aliphatic carbocycles. The molecule has 0 bridgehead atoms. The van der Waals surface area contributed by atoms with Crippen LogP contribution < -0.4 is 0 Å². The van der Waals surface area contributed by atoms with Gasteiger partial charge in [-0.3, -0.25) is 4.79 Å². The number of aromatic nitrogens is 3. The van der Waals surface area contributed by atoms with Gasteiger partial charge in [-0.05, 0) is 19.9 Å². The maximum absolute atomic E-state index is 12.4. The third-order valence-electron chi connectivity index (χ3n) is 4.32. The Balaban J connectivity index is 1.42. The Kier molecular flexibility index (Phi) is 4.69. The summed E-state index contributed by atoms with van der Waals surface area (Å²) >= 11 is 1.27. The van der Waals surface area contributed by atoms with Crippen molar-refractivity contribution in [2.24, 2.45) is 0 Å². The van der Waals surface area contributed by atoms with Crippen molar-refractivity contribution in [2.45, 2.75) is 31.3 Å². The molecular weight excluding hydrogens is 352 g/mol. The lowest BCUT2D eigenvalue weighted by Crippen LogP contribution is -2.48. The molecule has 2 aromatic heterocycles. The van der Waals surface area contributed by atoms with Crippen LogP contribution in [0.4, 0.5) is 0 Å². The van der Waals surface area contributed by atoms with Crippen molar-refractivity contribution in [1.29, 1.82) is 0 Å². The second-order valence-electron chi connectivity index (χ2n) is 6.47. The first kappa shape index (κ1) is 17.1. The summed E-state index contributed by atoms with van der Waals surface area (Å²) in [5.41, 5.74) is 1.88. The molecule has 1 aliphatic rings. The minimum Gasteiger partial charge on any atom is -0.411 e. The number of benzene rings is 1. The second kappa shape index (κ2) is 7.13. The molecule has 136 valence electrons. The predicted octanol–water partition coefficient (Wildman–Crippen LogP) is 2.95. The van der Waals surface area contributed by atoms with E-state index < -0.39 is 0 Å². The average molecular weight is 372 g/mol. The maximum Gasteiger partial charge on any atom is 0.277 e. The van der Waals surface area contributed by atoms with Crippen molar-refractivity contribution in [2.75, 3.05) is 18.8 Å². The Morgan fingerprint density at radius 3 is 2.85 bits per heavy atom. The Hall–Kier alpha value is -2.32. The zero-order valence-electron chi connectivity index (χ0n) is 14.6. The molecule has 0 radical (unpaired) electrons. The van der Waals surface area contributed by atoms with Gasteiger partial charge in [0, 0.05) is 30.2 Å². The first-order valence-electron chi connectivity index (χ1n) is 8.56. The molecule has 1 aromatic carbocycles. The summed E-state index contributed by atoms with van der Waals surface area (Å²) in [4.78, 5) is 17.5. The van der Waals surface area contributed by atoms with Gasteiger partial charge in [0.05, 0.1) is 23.5 Å². The number of para-hydroxylation sites is 1. The van der Waals surface area contributed by atoms with E-state index in [2.05, 4.69) is 15.2 Å². The lowest BCUT2D eigenvalue weighted by Gasteiger charge is -2.35. The Labute approximate surface area is 155 Å². The molecule has 0 spiro atoms. The van der Waals surface area contributed by atoms with Gasteiger partial charge in [-0.2, -0.15) is 0 Å². The van der Waals surface area contributed by atoms with Crippen LogP contribution in [-0.2, 0) is 9.53 Å². The van der Waals surface area contributed by atoms with Gasteiger partial charge in [0.2, 0.25) is 5.91 Å². The Morgan fingerprint density at radius 1 is 1.27 bits per heavy atom. The summed E-state index contributed by atoms with van der Waals surface area (Å²) in [7, 11) is 0. The van der Waals surface area contributed by atoms with Crippen LogP contribution >= 0.6 is 11.8 Å². The van der Waals surface area contributed by atoms with Gasteiger partial charge < -0.3 is 19.0 Å². The fourth-order valence-electron chi connectivity index (χ4n) is 3.22. The van der Waals surface area contributed by atoms with Crippen LogP contribution in [0.25, 0.3) is 22.4 Å². The standard InChI is InChI=1S/C18H20N4O3S/c1-11-8-22(9-12(2)24-11)16(23)10-26-18-21-20-17(25-18)14-7-19-15-6-4-3-5-13(14)15/h3-7,11-12,19H,8-10H2,1-2H3/t11-,12-/m0/s1. The van der Waals surface area contributed by atoms with Crippen molar-refractivity contribution in [3.8, 4) is 11.5 Å². The number of ether oxygens (including phenoxy) is 1. The zero-order valence-corrected chi connectivity index (χ0v) is 15.5. The number of nitrogens with zero attached hydrogens (tertiary/aromatic N) is 3. The summed E-state index contributed by atoms with van der Waals surface area (Å²) in [5, 5.41) is 9.61. The number of nitrogens with one attached hydrogen (secondary N) is 1. The van der Waals surface area contributed by atoms with Gasteiger partial charge in [-0.25, -0.2) is 0 Å². The number of amides is 1. The fourth-order valence-corrected chi connectivity index (χ4v) is 3.89. The number of hydrogen-bond donors (Lipinski definition) is 1. The Bertz CT molecular complexity index is 912. The predicted molar refractivity (Wildman–Crippen MR) is 98.9 cm³/mol.